The Labute approximate surface area is 128 Å². The van der Waals surface area contributed by atoms with Gasteiger partial charge in [-0.1, -0.05) is 25.1 Å². The molecule has 2 rings (SSSR count). The third kappa shape index (κ3) is 3.91. The van der Waals surface area contributed by atoms with E-state index in [4.69, 9.17) is 0 Å². The topological polar surface area (TPSA) is 97.1 Å². The second kappa shape index (κ2) is 6.84. The Bertz CT molecular complexity index is 653. The van der Waals surface area contributed by atoms with Gasteiger partial charge in [0.25, 0.3) is 5.91 Å². The molecule has 1 amide bonds. The van der Waals surface area contributed by atoms with Crippen LogP contribution in [0.4, 0.5) is 0 Å². The maximum absolute atomic E-state index is 12.2. The molecule has 0 spiro atoms. The Kier molecular flexibility index (Phi) is 4.88. The molecule has 1 aromatic heterocycles. The molecule has 2 N–H and O–H groups in total. The highest BCUT2D eigenvalue weighted by Gasteiger charge is 2.21. The van der Waals surface area contributed by atoms with Gasteiger partial charge >= 0.3 is 5.97 Å². The third-order valence-electron chi connectivity index (χ3n) is 3.11. The van der Waals surface area contributed by atoms with Crippen LogP contribution in [-0.2, 0) is 4.79 Å². The van der Waals surface area contributed by atoms with Crippen molar-refractivity contribution in [3.63, 3.8) is 0 Å². The minimum absolute atomic E-state index is 0.169. The van der Waals surface area contributed by atoms with E-state index >= 15 is 0 Å². The van der Waals surface area contributed by atoms with Crippen molar-refractivity contribution in [2.75, 3.05) is 0 Å². The fourth-order valence-corrected chi connectivity index (χ4v) is 2.07. The van der Waals surface area contributed by atoms with Crippen molar-refractivity contribution >= 4 is 11.9 Å². The van der Waals surface area contributed by atoms with Crippen molar-refractivity contribution in [2.45, 2.75) is 26.3 Å². The van der Waals surface area contributed by atoms with Crippen LogP contribution in [0.15, 0.2) is 36.7 Å². The normalized spacial score (nSPS) is 12.1. The second-order valence-corrected chi connectivity index (χ2v) is 5.39. The van der Waals surface area contributed by atoms with E-state index in [1.54, 1.807) is 30.5 Å². The molecule has 1 heterocycles. The molecule has 116 valence electrons. The molecule has 0 bridgehead atoms. The summed E-state index contributed by atoms with van der Waals surface area (Å²) in [4.78, 5) is 23.5. The first-order valence-corrected chi connectivity index (χ1v) is 6.98. The number of nitrogens with zero attached hydrogens (tertiary/aromatic N) is 3. The maximum Gasteiger partial charge on any atom is 0.326 e. The van der Waals surface area contributed by atoms with Crippen LogP contribution in [0.3, 0.4) is 0 Å². The number of hydrogen-bond donors (Lipinski definition) is 2. The molecule has 2 aromatic rings. The molecule has 0 saturated carbocycles. The lowest BCUT2D eigenvalue weighted by atomic mass is 10.0. The van der Waals surface area contributed by atoms with Crippen molar-refractivity contribution < 1.29 is 14.7 Å². The third-order valence-corrected chi connectivity index (χ3v) is 3.11. The Balaban J connectivity index is 2.15. The van der Waals surface area contributed by atoms with Gasteiger partial charge < -0.3 is 10.4 Å². The summed E-state index contributed by atoms with van der Waals surface area (Å²) in [6.45, 7) is 3.82. The molecule has 1 atom stereocenters. The monoisotopic (exact) mass is 302 g/mol. The number of carbonyl (C=O) groups is 2. The molecule has 1 aromatic carbocycles. The van der Waals surface area contributed by atoms with E-state index in [2.05, 4.69) is 15.6 Å². The highest BCUT2D eigenvalue weighted by atomic mass is 16.4. The Hall–Kier alpha value is -2.70. The summed E-state index contributed by atoms with van der Waals surface area (Å²) in [6.07, 6.45) is 3.58. The largest absolute Gasteiger partial charge is 0.480 e. The Morgan fingerprint density at radius 3 is 2.73 bits per heavy atom. The average Bonchev–Trinajstić information content (AvgIpc) is 3.00. The number of carbonyl (C=O) groups excluding carboxylic acids is 1. The van der Waals surface area contributed by atoms with Crippen LogP contribution < -0.4 is 5.32 Å². The highest BCUT2D eigenvalue weighted by Crippen LogP contribution is 2.11. The molecule has 0 aliphatic rings. The Morgan fingerprint density at radius 2 is 2.14 bits per heavy atom. The van der Waals surface area contributed by atoms with E-state index in [1.165, 1.54) is 10.9 Å². The first-order chi connectivity index (χ1) is 10.5. The van der Waals surface area contributed by atoms with Crippen molar-refractivity contribution in [3.8, 4) is 5.69 Å². The zero-order valence-electron chi connectivity index (χ0n) is 12.4. The fourth-order valence-electron chi connectivity index (χ4n) is 2.07. The van der Waals surface area contributed by atoms with E-state index in [-0.39, 0.29) is 5.92 Å². The minimum Gasteiger partial charge on any atom is -0.480 e. The van der Waals surface area contributed by atoms with Gasteiger partial charge in [-0.25, -0.2) is 9.48 Å². The molecule has 7 heteroatoms. The van der Waals surface area contributed by atoms with Crippen LogP contribution in [0.1, 0.15) is 30.6 Å². The van der Waals surface area contributed by atoms with Crippen molar-refractivity contribution in [1.29, 1.82) is 0 Å². The molecule has 0 aliphatic heterocycles. The summed E-state index contributed by atoms with van der Waals surface area (Å²) >= 11 is 0. The molecule has 0 saturated heterocycles. The number of carboxylic acids is 1. The van der Waals surface area contributed by atoms with Crippen LogP contribution >= 0.6 is 0 Å². The van der Waals surface area contributed by atoms with Crippen molar-refractivity contribution in [3.05, 3.63) is 42.2 Å². The maximum atomic E-state index is 12.2. The van der Waals surface area contributed by atoms with Crippen LogP contribution in [-0.4, -0.2) is 38.0 Å². The van der Waals surface area contributed by atoms with E-state index in [1.807, 2.05) is 13.8 Å². The van der Waals surface area contributed by atoms with E-state index in [0.29, 0.717) is 17.7 Å². The van der Waals surface area contributed by atoms with Gasteiger partial charge in [0.2, 0.25) is 0 Å². The van der Waals surface area contributed by atoms with Gasteiger partial charge in [-0.2, -0.15) is 0 Å². The van der Waals surface area contributed by atoms with Crippen LogP contribution in [0.2, 0.25) is 0 Å². The second-order valence-electron chi connectivity index (χ2n) is 5.39. The van der Waals surface area contributed by atoms with Gasteiger partial charge in [0, 0.05) is 5.56 Å². The van der Waals surface area contributed by atoms with Crippen molar-refractivity contribution in [1.82, 2.24) is 20.3 Å². The van der Waals surface area contributed by atoms with Crippen molar-refractivity contribution in [2.24, 2.45) is 5.92 Å². The van der Waals surface area contributed by atoms with Gasteiger partial charge in [-0.3, -0.25) is 4.79 Å². The lowest BCUT2D eigenvalue weighted by molar-refractivity contribution is -0.139. The molecular weight excluding hydrogens is 284 g/mol. The molecule has 0 aliphatic carbocycles. The van der Waals surface area contributed by atoms with E-state index in [0.717, 1.165) is 0 Å². The summed E-state index contributed by atoms with van der Waals surface area (Å²) in [5, 5.41) is 19.3. The summed E-state index contributed by atoms with van der Waals surface area (Å²) in [5.74, 6) is -1.28. The number of amides is 1. The molecular formula is C15H18N4O3. The molecule has 1 unspecified atom stereocenters. The fraction of sp³-hybridized carbons (Fsp3) is 0.333. The van der Waals surface area contributed by atoms with Crippen LogP contribution in [0, 0.1) is 5.92 Å². The predicted molar refractivity (Wildman–Crippen MR) is 79.7 cm³/mol. The molecule has 22 heavy (non-hydrogen) atoms. The molecule has 7 nitrogen and oxygen atoms in total. The highest BCUT2D eigenvalue weighted by molar-refractivity contribution is 5.97. The number of aliphatic carboxylic acids is 1. The number of carboxylic acid groups (broad SMARTS) is 1. The lowest BCUT2D eigenvalue weighted by Gasteiger charge is -2.16. The number of rotatable bonds is 6. The number of hydrogen-bond acceptors (Lipinski definition) is 4. The summed E-state index contributed by atoms with van der Waals surface area (Å²) in [7, 11) is 0. The van der Waals surface area contributed by atoms with Gasteiger partial charge in [0.1, 0.15) is 6.04 Å². The smallest absolute Gasteiger partial charge is 0.326 e. The predicted octanol–water partition coefficient (Wildman–Crippen LogP) is 1.50. The van der Waals surface area contributed by atoms with Gasteiger partial charge in [0.15, 0.2) is 0 Å². The van der Waals surface area contributed by atoms with Gasteiger partial charge in [-0.15, -0.1) is 5.10 Å². The molecule has 0 fully saturated rings. The number of nitrogens with one attached hydrogen (secondary N) is 1. The van der Waals surface area contributed by atoms with E-state index in [9.17, 15) is 14.7 Å². The standard InChI is InChI=1S/C15H18N4O3/c1-10(2)8-13(15(21)22)17-14(20)11-4-3-5-12(9-11)19-7-6-16-18-19/h3-7,9-10,13H,8H2,1-2H3,(H,17,20)(H,21,22). The van der Waals surface area contributed by atoms with Gasteiger partial charge in [0.05, 0.1) is 18.1 Å². The average molecular weight is 302 g/mol. The quantitative estimate of drug-likeness (QED) is 0.842. The summed E-state index contributed by atoms with van der Waals surface area (Å²) in [5.41, 5.74) is 1.06. The number of aromatic nitrogens is 3. The van der Waals surface area contributed by atoms with Crippen LogP contribution in [0.25, 0.3) is 5.69 Å². The van der Waals surface area contributed by atoms with E-state index < -0.39 is 17.9 Å². The SMILES string of the molecule is CC(C)CC(NC(=O)c1cccc(-n2ccnn2)c1)C(=O)O. The first-order valence-electron chi connectivity index (χ1n) is 6.98. The lowest BCUT2D eigenvalue weighted by Crippen LogP contribution is -2.41. The first kappa shape index (κ1) is 15.7. The summed E-state index contributed by atoms with van der Waals surface area (Å²) in [6, 6.07) is 5.86. The van der Waals surface area contributed by atoms with Gasteiger partial charge in [-0.05, 0) is 30.5 Å². The molecule has 0 radical (unpaired) electrons. The minimum atomic E-state index is -1.03. The van der Waals surface area contributed by atoms with Crippen LogP contribution in [0.5, 0.6) is 0 Å². The Morgan fingerprint density at radius 1 is 1.36 bits per heavy atom. The summed E-state index contributed by atoms with van der Waals surface area (Å²) < 4.78 is 1.53. The number of benzene rings is 1. The zero-order chi connectivity index (χ0) is 16.1. The zero-order valence-corrected chi connectivity index (χ0v) is 12.4.